The minimum atomic E-state index is -4.66. The lowest BCUT2D eigenvalue weighted by Crippen LogP contribution is -2.40. The number of carbonyl (C=O) groups excluding carboxylic acids is 3. The van der Waals surface area contributed by atoms with Crippen LogP contribution in [0, 0.1) is 5.92 Å². The molecule has 1 aliphatic carbocycles. The first kappa shape index (κ1) is 30.2. The highest BCUT2D eigenvalue weighted by Gasteiger charge is 2.33. The van der Waals surface area contributed by atoms with Crippen LogP contribution in [0.2, 0.25) is 0 Å². The molecule has 12 heteroatoms. The van der Waals surface area contributed by atoms with Gasteiger partial charge in [0.05, 0.1) is 11.1 Å². The third kappa shape index (κ3) is 8.56. The third-order valence-electron chi connectivity index (χ3n) is 6.23. The van der Waals surface area contributed by atoms with E-state index in [1.54, 1.807) is 0 Å². The molecule has 1 atom stereocenters. The summed E-state index contributed by atoms with van der Waals surface area (Å²) in [6.07, 6.45) is 2.48. The van der Waals surface area contributed by atoms with Crippen LogP contribution in [0.1, 0.15) is 67.4 Å². The molecule has 1 aromatic heterocycles. The average Bonchev–Trinajstić information content (AvgIpc) is 3.50. The fourth-order valence-electron chi connectivity index (χ4n) is 4.40. The van der Waals surface area contributed by atoms with E-state index in [0.29, 0.717) is 11.3 Å². The maximum absolute atomic E-state index is 14.0. The monoisotopic (exact) mass is 566 g/mol. The van der Waals surface area contributed by atoms with Gasteiger partial charge in [-0.1, -0.05) is 38.1 Å². The predicted octanol–water partition coefficient (Wildman–Crippen LogP) is 5.53. The van der Waals surface area contributed by atoms with Gasteiger partial charge in [-0.3, -0.25) is 14.9 Å². The molecule has 1 saturated carbocycles. The molecular weight excluding hydrogens is 533 g/mol. The van der Waals surface area contributed by atoms with Crippen molar-refractivity contribution in [2.75, 3.05) is 11.9 Å². The summed E-state index contributed by atoms with van der Waals surface area (Å²) in [5.41, 5.74) is 9.63. The number of alkyl halides is 3. The zero-order chi connectivity index (χ0) is 28.7. The molecule has 0 aliphatic heterocycles. The van der Waals surface area contributed by atoms with Gasteiger partial charge in [-0.15, -0.1) is 11.3 Å². The number of thiophene rings is 1. The van der Waals surface area contributed by atoms with Gasteiger partial charge in [-0.05, 0) is 61.3 Å². The molecule has 1 heterocycles. The number of benzene rings is 1. The third-order valence-corrected chi connectivity index (χ3v) is 7.33. The molecule has 6 N–H and O–H groups in total. The lowest BCUT2D eigenvalue weighted by atomic mass is 10.0. The summed E-state index contributed by atoms with van der Waals surface area (Å²) >= 11 is 0.886. The van der Waals surface area contributed by atoms with E-state index in [2.05, 4.69) is 10.6 Å². The number of urea groups is 1. The van der Waals surface area contributed by atoms with Crippen LogP contribution in [-0.2, 0) is 15.7 Å². The molecule has 8 nitrogen and oxygen atoms in total. The summed E-state index contributed by atoms with van der Waals surface area (Å²) in [5, 5.41) is 5.42. The van der Waals surface area contributed by atoms with E-state index in [1.807, 2.05) is 13.8 Å². The second kappa shape index (κ2) is 13.1. The first-order valence-electron chi connectivity index (χ1n) is 12.7. The van der Waals surface area contributed by atoms with Gasteiger partial charge >= 0.3 is 18.2 Å². The standard InChI is InChI=1S/C27H33F3N4O4S/c1-15(2)12-21(25(36)38-18-7-3-4-8-18)33-11-5-6-16-9-10-17(13-20(16)27(28,29)30)22-14-19(23(31)35)24(39-22)34-26(32)37/h5-6,9-10,13-15,18,21,33H,3-4,7-8,11-12H2,1-2H3,(H2,31,35)(H3,32,34,37)/b6-5+/t21-/m1/s1. The lowest BCUT2D eigenvalue weighted by molar-refractivity contribution is -0.151. The fraction of sp³-hybridized carbons (Fsp3) is 0.444. The summed E-state index contributed by atoms with van der Waals surface area (Å²) in [7, 11) is 0. The molecule has 0 unspecified atom stereocenters. The van der Waals surface area contributed by atoms with Crippen LogP contribution in [0.4, 0.5) is 23.0 Å². The largest absolute Gasteiger partial charge is 0.461 e. The van der Waals surface area contributed by atoms with Crippen LogP contribution >= 0.6 is 11.3 Å². The van der Waals surface area contributed by atoms with Gasteiger partial charge < -0.3 is 21.5 Å². The van der Waals surface area contributed by atoms with Gasteiger partial charge in [-0.25, -0.2) is 4.79 Å². The van der Waals surface area contributed by atoms with E-state index in [-0.39, 0.29) is 46.2 Å². The zero-order valence-corrected chi connectivity index (χ0v) is 22.6. The summed E-state index contributed by atoms with van der Waals surface area (Å²) < 4.78 is 47.5. The molecule has 3 rings (SSSR count). The van der Waals surface area contributed by atoms with E-state index < -0.39 is 29.7 Å². The van der Waals surface area contributed by atoms with E-state index in [0.717, 1.165) is 43.1 Å². The summed E-state index contributed by atoms with van der Waals surface area (Å²) in [6, 6.07) is 3.59. The molecule has 0 spiro atoms. The van der Waals surface area contributed by atoms with Crippen molar-refractivity contribution in [1.29, 1.82) is 0 Å². The van der Waals surface area contributed by atoms with Crippen LogP contribution in [-0.4, -0.2) is 36.6 Å². The minimum absolute atomic E-state index is 0.0519. The Balaban J connectivity index is 1.78. The Hall–Kier alpha value is -3.38. The van der Waals surface area contributed by atoms with E-state index in [9.17, 15) is 27.6 Å². The normalized spacial score (nSPS) is 15.1. The van der Waals surface area contributed by atoms with Crippen molar-refractivity contribution in [3.05, 3.63) is 47.0 Å². The topological polar surface area (TPSA) is 137 Å². The lowest BCUT2D eigenvalue weighted by Gasteiger charge is -2.21. The van der Waals surface area contributed by atoms with Crippen molar-refractivity contribution < 1.29 is 32.3 Å². The van der Waals surface area contributed by atoms with Crippen LogP contribution in [0.5, 0.6) is 0 Å². The number of nitrogens with one attached hydrogen (secondary N) is 2. The van der Waals surface area contributed by atoms with Crippen molar-refractivity contribution >= 4 is 40.3 Å². The maximum Gasteiger partial charge on any atom is 0.417 e. The van der Waals surface area contributed by atoms with Gasteiger partial charge in [-0.2, -0.15) is 13.2 Å². The first-order valence-corrected chi connectivity index (χ1v) is 13.5. The van der Waals surface area contributed by atoms with Gasteiger partial charge in [0.25, 0.3) is 5.91 Å². The van der Waals surface area contributed by atoms with Gasteiger partial charge in [0.15, 0.2) is 0 Å². The van der Waals surface area contributed by atoms with Crippen molar-refractivity contribution in [2.24, 2.45) is 17.4 Å². The Labute approximate surface area is 229 Å². The van der Waals surface area contributed by atoms with Crippen LogP contribution < -0.4 is 22.1 Å². The summed E-state index contributed by atoms with van der Waals surface area (Å²) in [4.78, 5) is 35.9. The molecule has 1 aliphatic rings. The quantitative estimate of drug-likeness (QED) is 0.265. The number of esters is 1. The number of ether oxygens (including phenoxy) is 1. The Morgan fingerprint density at radius 2 is 1.85 bits per heavy atom. The zero-order valence-electron chi connectivity index (χ0n) is 21.8. The molecule has 2 aromatic rings. The molecule has 1 aromatic carbocycles. The van der Waals surface area contributed by atoms with Crippen molar-refractivity contribution in [2.45, 2.75) is 64.3 Å². The Morgan fingerprint density at radius 1 is 1.15 bits per heavy atom. The molecule has 0 bridgehead atoms. The Morgan fingerprint density at radius 3 is 2.44 bits per heavy atom. The van der Waals surface area contributed by atoms with Crippen LogP contribution in [0.3, 0.4) is 0 Å². The molecule has 1 fully saturated rings. The van der Waals surface area contributed by atoms with Gasteiger partial charge in [0.2, 0.25) is 0 Å². The average molecular weight is 567 g/mol. The second-order valence-corrected chi connectivity index (χ2v) is 10.9. The Kier molecular flexibility index (Phi) is 10.1. The number of halogens is 3. The molecule has 39 heavy (non-hydrogen) atoms. The smallest absolute Gasteiger partial charge is 0.417 e. The van der Waals surface area contributed by atoms with Crippen molar-refractivity contribution in [1.82, 2.24) is 5.32 Å². The number of amides is 3. The number of anilines is 1. The molecule has 3 amide bonds. The SMILES string of the molecule is CC(C)C[C@@H](NC/C=C/c1ccc(-c2cc(C(N)=O)c(NC(N)=O)s2)cc1C(F)(F)F)C(=O)OC1CCCC1. The van der Waals surface area contributed by atoms with Crippen LogP contribution in [0.15, 0.2) is 30.3 Å². The van der Waals surface area contributed by atoms with E-state index >= 15 is 0 Å². The summed E-state index contributed by atoms with van der Waals surface area (Å²) in [6.45, 7) is 4.14. The number of hydrogen-bond donors (Lipinski definition) is 4. The van der Waals surface area contributed by atoms with Gasteiger partial charge in [0, 0.05) is 11.4 Å². The highest BCUT2D eigenvalue weighted by atomic mass is 32.1. The Bertz CT molecular complexity index is 1220. The molecule has 0 saturated heterocycles. The minimum Gasteiger partial charge on any atom is -0.461 e. The first-order chi connectivity index (χ1) is 18.3. The molecule has 212 valence electrons. The number of nitrogens with two attached hydrogens (primary N) is 2. The highest BCUT2D eigenvalue weighted by molar-refractivity contribution is 7.20. The maximum atomic E-state index is 14.0. The van der Waals surface area contributed by atoms with E-state index in [1.165, 1.54) is 30.4 Å². The van der Waals surface area contributed by atoms with Crippen molar-refractivity contribution in [3.8, 4) is 10.4 Å². The summed E-state index contributed by atoms with van der Waals surface area (Å²) in [5.74, 6) is -0.967. The number of rotatable bonds is 11. The number of primary amides is 2. The molecular formula is C27H33F3N4O4S. The number of hydrogen-bond acceptors (Lipinski definition) is 6. The van der Waals surface area contributed by atoms with Gasteiger partial charge in [0.1, 0.15) is 17.1 Å². The van der Waals surface area contributed by atoms with Crippen LogP contribution in [0.25, 0.3) is 16.5 Å². The number of carbonyl (C=O) groups is 3. The predicted molar refractivity (Wildman–Crippen MR) is 145 cm³/mol. The fourth-order valence-corrected chi connectivity index (χ4v) is 5.47. The van der Waals surface area contributed by atoms with E-state index in [4.69, 9.17) is 16.2 Å². The second-order valence-electron chi connectivity index (χ2n) is 9.84. The molecule has 0 radical (unpaired) electrons. The highest BCUT2D eigenvalue weighted by Crippen LogP contribution is 2.39. The van der Waals surface area contributed by atoms with Crippen molar-refractivity contribution in [3.63, 3.8) is 0 Å².